The number of aromatic nitrogens is 2. The third kappa shape index (κ3) is 2.67. The van der Waals surface area contributed by atoms with Crippen molar-refractivity contribution in [1.82, 2.24) is 9.97 Å². The van der Waals surface area contributed by atoms with Crippen LogP contribution in [-0.2, 0) is 0 Å². The summed E-state index contributed by atoms with van der Waals surface area (Å²) < 4.78 is 5.70. The van der Waals surface area contributed by atoms with Crippen molar-refractivity contribution in [1.29, 1.82) is 0 Å². The summed E-state index contributed by atoms with van der Waals surface area (Å²) >= 11 is 0. The molecule has 0 aliphatic heterocycles. The molecule has 0 fully saturated rings. The third-order valence-corrected chi connectivity index (χ3v) is 2.98. The Kier molecular flexibility index (Phi) is 3.23. The van der Waals surface area contributed by atoms with Crippen LogP contribution < -0.4 is 4.74 Å². The molecule has 0 aliphatic rings. The summed E-state index contributed by atoms with van der Waals surface area (Å²) in [6.45, 7) is 1.90. The molecule has 1 aromatic carbocycles. The minimum atomic E-state index is -1.09. The molecule has 0 bridgehead atoms. The number of hydrogen-bond acceptors (Lipinski definition) is 4. The van der Waals surface area contributed by atoms with Gasteiger partial charge in [0, 0.05) is 17.1 Å². The van der Waals surface area contributed by atoms with Crippen molar-refractivity contribution in [2.24, 2.45) is 0 Å². The SMILES string of the molecule is Cc1ccc2cccc(Oc3cccc(C(=O)O)n3)c2n1. The molecule has 3 aromatic rings. The lowest BCUT2D eigenvalue weighted by molar-refractivity contribution is 0.0689. The first-order valence-corrected chi connectivity index (χ1v) is 6.38. The van der Waals surface area contributed by atoms with Gasteiger partial charge in [-0.15, -0.1) is 0 Å². The zero-order valence-electron chi connectivity index (χ0n) is 11.3. The van der Waals surface area contributed by atoms with Crippen LogP contribution in [0.5, 0.6) is 11.6 Å². The van der Waals surface area contributed by atoms with Gasteiger partial charge in [-0.25, -0.2) is 14.8 Å². The quantitative estimate of drug-likeness (QED) is 0.795. The number of nitrogens with zero attached hydrogens (tertiary/aromatic N) is 2. The summed E-state index contributed by atoms with van der Waals surface area (Å²) in [5, 5.41) is 9.90. The van der Waals surface area contributed by atoms with Gasteiger partial charge >= 0.3 is 5.97 Å². The third-order valence-electron chi connectivity index (χ3n) is 2.98. The molecule has 0 radical (unpaired) electrons. The maximum Gasteiger partial charge on any atom is 0.354 e. The fourth-order valence-electron chi connectivity index (χ4n) is 2.00. The average molecular weight is 280 g/mol. The van der Waals surface area contributed by atoms with Gasteiger partial charge in [-0.1, -0.05) is 24.3 Å². The standard InChI is InChI=1S/C16H12N2O3/c1-10-8-9-11-4-2-6-13(15(11)17-10)21-14-7-3-5-12(18-14)16(19)20/h2-9H,1H3,(H,19,20). The van der Waals surface area contributed by atoms with Gasteiger partial charge in [0.05, 0.1) is 0 Å². The first kappa shape index (κ1) is 13.1. The van der Waals surface area contributed by atoms with Gasteiger partial charge < -0.3 is 9.84 Å². The molecule has 0 amide bonds. The summed E-state index contributed by atoms with van der Waals surface area (Å²) in [7, 11) is 0. The lowest BCUT2D eigenvalue weighted by atomic mass is 10.2. The van der Waals surface area contributed by atoms with E-state index >= 15 is 0 Å². The van der Waals surface area contributed by atoms with E-state index in [-0.39, 0.29) is 11.6 Å². The van der Waals surface area contributed by atoms with Gasteiger partial charge in [-0.2, -0.15) is 0 Å². The van der Waals surface area contributed by atoms with E-state index in [2.05, 4.69) is 9.97 Å². The molecular weight excluding hydrogens is 268 g/mol. The molecule has 104 valence electrons. The highest BCUT2D eigenvalue weighted by Gasteiger charge is 2.09. The van der Waals surface area contributed by atoms with E-state index in [9.17, 15) is 4.79 Å². The lowest BCUT2D eigenvalue weighted by Gasteiger charge is -2.08. The Labute approximate surface area is 120 Å². The molecule has 0 spiro atoms. The predicted octanol–water partition coefficient (Wildman–Crippen LogP) is 3.43. The number of carboxylic acids is 1. The monoisotopic (exact) mass is 280 g/mol. The van der Waals surface area contributed by atoms with Gasteiger partial charge in [-0.3, -0.25) is 0 Å². The first-order valence-electron chi connectivity index (χ1n) is 6.38. The topological polar surface area (TPSA) is 72.3 Å². The Hall–Kier alpha value is -2.95. The summed E-state index contributed by atoms with van der Waals surface area (Å²) in [5.74, 6) is -0.315. The van der Waals surface area contributed by atoms with Gasteiger partial charge in [0.1, 0.15) is 5.52 Å². The van der Waals surface area contributed by atoms with Gasteiger partial charge in [-0.05, 0) is 25.1 Å². The highest BCUT2D eigenvalue weighted by atomic mass is 16.5. The fourth-order valence-corrected chi connectivity index (χ4v) is 2.00. The molecule has 0 aliphatic carbocycles. The molecule has 3 rings (SSSR count). The van der Waals surface area contributed by atoms with E-state index < -0.39 is 5.97 Å². The maximum absolute atomic E-state index is 10.9. The normalized spacial score (nSPS) is 10.5. The maximum atomic E-state index is 10.9. The van der Waals surface area contributed by atoms with E-state index in [0.29, 0.717) is 5.75 Å². The Morgan fingerprint density at radius 2 is 1.86 bits per heavy atom. The number of hydrogen-bond donors (Lipinski definition) is 1. The van der Waals surface area contributed by atoms with Crippen LogP contribution in [0, 0.1) is 6.92 Å². The Morgan fingerprint density at radius 3 is 2.67 bits per heavy atom. The zero-order valence-corrected chi connectivity index (χ0v) is 11.3. The number of rotatable bonds is 3. The van der Waals surface area contributed by atoms with Crippen LogP contribution in [0.2, 0.25) is 0 Å². The molecule has 0 saturated carbocycles. The number of ether oxygens (including phenoxy) is 1. The second-order valence-electron chi connectivity index (χ2n) is 4.55. The number of para-hydroxylation sites is 1. The van der Waals surface area contributed by atoms with E-state index in [1.54, 1.807) is 18.2 Å². The van der Waals surface area contributed by atoms with Crippen LogP contribution in [0.15, 0.2) is 48.5 Å². The smallest absolute Gasteiger partial charge is 0.354 e. The summed E-state index contributed by atoms with van der Waals surface area (Å²) in [6.07, 6.45) is 0. The molecule has 5 nitrogen and oxygen atoms in total. The molecule has 21 heavy (non-hydrogen) atoms. The van der Waals surface area contributed by atoms with Crippen molar-refractivity contribution in [3.8, 4) is 11.6 Å². The van der Waals surface area contributed by atoms with Gasteiger partial charge in [0.2, 0.25) is 5.88 Å². The van der Waals surface area contributed by atoms with Crippen LogP contribution in [-0.4, -0.2) is 21.0 Å². The molecule has 0 unspecified atom stereocenters. The molecule has 1 N–H and O–H groups in total. The zero-order chi connectivity index (χ0) is 14.8. The van der Waals surface area contributed by atoms with Crippen LogP contribution >= 0.6 is 0 Å². The highest BCUT2D eigenvalue weighted by molar-refractivity contribution is 5.86. The van der Waals surface area contributed by atoms with Crippen LogP contribution in [0.3, 0.4) is 0 Å². The second-order valence-corrected chi connectivity index (χ2v) is 4.55. The van der Waals surface area contributed by atoms with Gasteiger partial charge in [0.25, 0.3) is 0 Å². The number of pyridine rings is 2. The van der Waals surface area contributed by atoms with Crippen LogP contribution in [0.25, 0.3) is 10.9 Å². The van der Waals surface area contributed by atoms with Crippen LogP contribution in [0.1, 0.15) is 16.2 Å². The second kappa shape index (κ2) is 5.20. The largest absolute Gasteiger partial charge is 0.477 e. The Balaban J connectivity index is 2.04. The Morgan fingerprint density at radius 1 is 1.05 bits per heavy atom. The number of carbonyl (C=O) groups is 1. The summed E-state index contributed by atoms with van der Waals surface area (Å²) in [4.78, 5) is 19.3. The van der Waals surface area contributed by atoms with Crippen molar-refractivity contribution in [3.05, 3.63) is 59.9 Å². The van der Waals surface area contributed by atoms with Crippen molar-refractivity contribution >= 4 is 16.9 Å². The molecule has 2 heterocycles. The minimum absolute atomic E-state index is 0.0584. The van der Waals surface area contributed by atoms with E-state index in [1.807, 2.05) is 31.2 Å². The minimum Gasteiger partial charge on any atom is -0.477 e. The molecule has 0 atom stereocenters. The molecule has 0 saturated heterocycles. The van der Waals surface area contributed by atoms with E-state index in [1.165, 1.54) is 6.07 Å². The van der Waals surface area contributed by atoms with E-state index in [4.69, 9.17) is 9.84 Å². The van der Waals surface area contributed by atoms with Crippen molar-refractivity contribution < 1.29 is 14.6 Å². The average Bonchev–Trinajstić information content (AvgIpc) is 2.48. The molecular formula is C16H12N2O3. The number of fused-ring (bicyclic) bond motifs is 1. The first-order chi connectivity index (χ1) is 10.1. The van der Waals surface area contributed by atoms with Gasteiger partial charge in [0.15, 0.2) is 11.4 Å². The van der Waals surface area contributed by atoms with Crippen molar-refractivity contribution in [2.75, 3.05) is 0 Å². The lowest BCUT2D eigenvalue weighted by Crippen LogP contribution is -2.01. The number of aryl methyl sites for hydroxylation is 1. The number of aromatic carboxylic acids is 1. The van der Waals surface area contributed by atoms with Crippen molar-refractivity contribution in [3.63, 3.8) is 0 Å². The van der Waals surface area contributed by atoms with Crippen molar-refractivity contribution in [2.45, 2.75) is 6.92 Å². The highest BCUT2D eigenvalue weighted by Crippen LogP contribution is 2.27. The predicted molar refractivity (Wildman–Crippen MR) is 77.8 cm³/mol. The Bertz CT molecular complexity index is 831. The fraction of sp³-hybridized carbons (Fsp3) is 0.0625. The van der Waals surface area contributed by atoms with Crippen LogP contribution in [0.4, 0.5) is 0 Å². The van der Waals surface area contributed by atoms with E-state index in [0.717, 1.165) is 16.6 Å². The summed E-state index contributed by atoms with van der Waals surface area (Å²) in [5.41, 5.74) is 1.54. The molecule has 2 aromatic heterocycles. The summed E-state index contributed by atoms with van der Waals surface area (Å²) in [6, 6.07) is 14.1. The number of benzene rings is 1. The molecule has 5 heteroatoms. The number of carboxylic acid groups (broad SMARTS) is 1.